The van der Waals surface area contributed by atoms with Gasteiger partial charge in [0.15, 0.2) is 0 Å². The molecule has 2 aromatic carbocycles. The third kappa shape index (κ3) is 3.07. The largest absolute Gasteiger partial charge is 0.426 e. The molecule has 0 unspecified atom stereocenters. The number of aryl methyl sites for hydroxylation is 1. The lowest BCUT2D eigenvalue weighted by Gasteiger charge is -2.04. The summed E-state index contributed by atoms with van der Waals surface area (Å²) in [5.74, 6) is 0.359. The summed E-state index contributed by atoms with van der Waals surface area (Å²) in [5.41, 5.74) is 7.84. The molecular weight excluding hydrogens is 300 g/mol. The molecule has 9 heteroatoms. The molecular formula is C14H12N6O3. The number of benzene rings is 2. The van der Waals surface area contributed by atoms with Crippen LogP contribution in [0.4, 0.5) is 11.4 Å². The van der Waals surface area contributed by atoms with Crippen LogP contribution in [-0.2, 0) is 7.05 Å². The molecule has 2 N–H and O–H groups in total. The molecule has 0 spiro atoms. The van der Waals surface area contributed by atoms with Crippen molar-refractivity contribution in [3.05, 3.63) is 52.6 Å². The van der Waals surface area contributed by atoms with E-state index >= 15 is 0 Å². The zero-order valence-corrected chi connectivity index (χ0v) is 12.1. The molecule has 0 atom stereocenters. The molecule has 0 aliphatic heterocycles. The molecule has 0 aliphatic rings. The number of nitro groups is 1. The predicted molar refractivity (Wildman–Crippen MR) is 83.5 cm³/mol. The number of hydrogen-bond donors (Lipinski definition) is 1. The second-order valence-corrected chi connectivity index (χ2v) is 4.69. The Morgan fingerprint density at radius 2 is 2.04 bits per heavy atom. The molecule has 23 heavy (non-hydrogen) atoms. The normalized spacial score (nSPS) is 11.6. The van der Waals surface area contributed by atoms with E-state index in [1.807, 2.05) is 6.07 Å². The molecule has 9 nitrogen and oxygen atoms in total. The van der Waals surface area contributed by atoms with Crippen LogP contribution < -0.4 is 10.5 Å². The fourth-order valence-electron chi connectivity index (χ4n) is 2.01. The quantitative estimate of drug-likeness (QED) is 0.341. The number of aromatic nitrogens is 3. The fourth-order valence-corrected chi connectivity index (χ4v) is 2.01. The van der Waals surface area contributed by atoms with Crippen LogP contribution in [0.1, 0.15) is 0 Å². The van der Waals surface area contributed by atoms with E-state index in [9.17, 15) is 10.1 Å². The predicted octanol–water partition coefficient (Wildman–Crippen LogP) is 1.90. The molecule has 0 amide bonds. The minimum absolute atomic E-state index is 0.0269. The first-order valence-corrected chi connectivity index (χ1v) is 6.59. The van der Waals surface area contributed by atoms with E-state index in [1.165, 1.54) is 24.3 Å². The maximum atomic E-state index is 10.6. The smallest absolute Gasteiger partial charge is 0.292 e. The van der Waals surface area contributed by atoms with Gasteiger partial charge in [-0.2, -0.15) is 4.99 Å². The number of non-ortho nitro benzene ring substituents is 1. The Morgan fingerprint density at radius 1 is 1.30 bits per heavy atom. The van der Waals surface area contributed by atoms with Gasteiger partial charge in [-0.3, -0.25) is 10.1 Å². The Bertz CT molecular complexity index is 901. The number of nitrogens with zero attached hydrogens (tertiary/aromatic N) is 5. The first kappa shape index (κ1) is 14.4. The summed E-state index contributed by atoms with van der Waals surface area (Å²) in [7, 11) is 1.80. The highest BCUT2D eigenvalue weighted by Gasteiger charge is 2.06. The second kappa shape index (κ2) is 5.72. The number of fused-ring (bicyclic) bond motifs is 1. The van der Waals surface area contributed by atoms with E-state index in [2.05, 4.69) is 15.3 Å². The number of rotatable bonds is 3. The first-order valence-electron chi connectivity index (χ1n) is 6.59. The molecule has 0 bridgehead atoms. The van der Waals surface area contributed by atoms with Gasteiger partial charge in [0.05, 0.1) is 16.1 Å². The van der Waals surface area contributed by atoms with Gasteiger partial charge in [0.2, 0.25) is 0 Å². The topological polar surface area (TPSA) is 121 Å². The number of nitro benzene ring substituents is 1. The molecule has 1 aromatic heterocycles. The molecule has 0 radical (unpaired) electrons. The van der Waals surface area contributed by atoms with Crippen LogP contribution in [0.3, 0.4) is 0 Å². The van der Waals surface area contributed by atoms with E-state index < -0.39 is 4.92 Å². The highest BCUT2D eigenvalue weighted by Crippen LogP contribution is 2.20. The monoisotopic (exact) mass is 312 g/mol. The minimum atomic E-state index is -0.489. The summed E-state index contributed by atoms with van der Waals surface area (Å²) in [4.78, 5) is 14.2. The van der Waals surface area contributed by atoms with E-state index in [-0.39, 0.29) is 11.7 Å². The lowest BCUT2D eigenvalue weighted by Crippen LogP contribution is -2.19. The van der Waals surface area contributed by atoms with Gasteiger partial charge in [-0.1, -0.05) is 5.21 Å². The first-order chi connectivity index (χ1) is 11.0. The third-order valence-corrected chi connectivity index (χ3v) is 3.10. The molecule has 0 fully saturated rings. The van der Waals surface area contributed by atoms with Crippen molar-refractivity contribution in [3.63, 3.8) is 0 Å². The van der Waals surface area contributed by atoms with Crippen LogP contribution in [0.25, 0.3) is 11.0 Å². The van der Waals surface area contributed by atoms with E-state index in [1.54, 1.807) is 23.9 Å². The van der Waals surface area contributed by atoms with Crippen LogP contribution in [0.15, 0.2) is 47.5 Å². The summed E-state index contributed by atoms with van der Waals surface area (Å²) >= 11 is 0. The summed E-state index contributed by atoms with van der Waals surface area (Å²) < 4.78 is 6.99. The van der Waals surface area contributed by atoms with Gasteiger partial charge < -0.3 is 10.5 Å². The van der Waals surface area contributed by atoms with Crippen molar-refractivity contribution in [3.8, 4) is 5.75 Å². The van der Waals surface area contributed by atoms with Crippen molar-refractivity contribution in [2.75, 3.05) is 0 Å². The number of nitrogens with two attached hydrogens (primary N) is 1. The Kier molecular flexibility index (Phi) is 3.59. The summed E-state index contributed by atoms with van der Waals surface area (Å²) in [6.07, 6.45) is 0. The standard InChI is InChI=1S/C14H12N6O3/c1-19-13-7-2-9(8-12(13)17-18-19)16-14(15)23-11-5-3-10(4-6-11)20(21)22/h2-8H,1H3,(H2,15,16). The Labute approximate surface area is 130 Å². The van der Waals surface area contributed by atoms with Crippen LogP contribution >= 0.6 is 0 Å². The van der Waals surface area contributed by atoms with Crippen LogP contribution in [-0.4, -0.2) is 25.9 Å². The van der Waals surface area contributed by atoms with Crippen LogP contribution in [0.5, 0.6) is 5.75 Å². The number of ether oxygens (including phenoxy) is 1. The second-order valence-electron chi connectivity index (χ2n) is 4.69. The van der Waals surface area contributed by atoms with Crippen molar-refractivity contribution in [1.82, 2.24) is 15.0 Å². The molecule has 116 valence electrons. The highest BCUT2D eigenvalue weighted by atomic mass is 16.6. The molecule has 3 aromatic rings. The van der Waals surface area contributed by atoms with Gasteiger partial charge in [-0.15, -0.1) is 5.10 Å². The summed E-state index contributed by atoms with van der Waals surface area (Å²) in [6.45, 7) is 0. The van der Waals surface area contributed by atoms with E-state index in [4.69, 9.17) is 10.5 Å². The van der Waals surface area contributed by atoms with Gasteiger partial charge in [-0.25, -0.2) is 4.68 Å². The molecule has 0 saturated carbocycles. The SMILES string of the molecule is Cn1nnc2cc(N=C(N)Oc3ccc([N+](=O)[O-])cc3)ccc21. The number of hydrogen-bond acceptors (Lipinski definition) is 6. The van der Waals surface area contributed by atoms with Crippen LogP contribution in [0.2, 0.25) is 0 Å². The molecule has 0 aliphatic carbocycles. The van der Waals surface area contributed by atoms with Gasteiger partial charge in [0.1, 0.15) is 11.3 Å². The Morgan fingerprint density at radius 3 is 2.74 bits per heavy atom. The lowest BCUT2D eigenvalue weighted by atomic mass is 10.3. The molecule has 1 heterocycles. The van der Waals surface area contributed by atoms with Crippen molar-refractivity contribution in [1.29, 1.82) is 0 Å². The maximum absolute atomic E-state index is 10.6. The van der Waals surface area contributed by atoms with Gasteiger partial charge in [0, 0.05) is 19.2 Å². The van der Waals surface area contributed by atoms with Crippen molar-refractivity contribution in [2.24, 2.45) is 17.8 Å². The Balaban J connectivity index is 1.79. The zero-order valence-electron chi connectivity index (χ0n) is 12.1. The summed E-state index contributed by atoms with van der Waals surface area (Å²) in [5, 5.41) is 18.5. The number of amidine groups is 1. The van der Waals surface area contributed by atoms with Crippen molar-refractivity contribution in [2.45, 2.75) is 0 Å². The fraction of sp³-hybridized carbons (Fsp3) is 0.0714. The van der Waals surface area contributed by atoms with E-state index in [0.29, 0.717) is 17.0 Å². The maximum Gasteiger partial charge on any atom is 0.292 e. The highest BCUT2D eigenvalue weighted by molar-refractivity contribution is 5.82. The van der Waals surface area contributed by atoms with Gasteiger partial charge in [-0.05, 0) is 30.3 Å². The van der Waals surface area contributed by atoms with Crippen LogP contribution in [0, 0.1) is 10.1 Å². The average Bonchev–Trinajstić information content (AvgIpc) is 2.88. The van der Waals surface area contributed by atoms with Gasteiger partial charge >= 0.3 is 0 Å². The Hall–Kier alpha value is -3.49. The van der Waals surface area contributed by atoms with Gasteiger partial charge in [0.25, 0.3) is 11.7 Å². The van der Waals surface area contributed by atoms with E-state index in [0.717, 1.165) is 5.52 Å². The van der Waals surface area contributed by atoms with Crippen molar-refractivity contribution >= 4 is 28.4 Å². The zero-order chi connectivity index (χ0) is 16.4. The summed E-state index contributed by atoms with van der Waals surface area (Å²) in [6, 6.07) is 10.8. The molecule has 0 saturated heterocycles. The van der Waals surface area contributed by atoms with Crippen molar-refractivity contribution < 1.29 is 9.66 Å². The average molecular weight is 312 g/mol. The molecule has 3 rings (SSSR count). The lowest BCUT2D eigenvalue weighted by molar-refractivity contribution is -0.384. The number of aliphatic imine (C=N–C) groups is 1. The minimum Gasteiger partial charge on any atom is -0.426 e. The third-order valence-electron chi connectivity index (χ3n) is 3.10.